The molecule has 0 amide bonds. The summed E-state index contributed by atoms with van der Waals surface area (Å²) in [6, 6.07) is 3.68. The molecule has 2 N–H and O–H groups in total. The van der Waals surface area contributed by atoms with Gasteiger partial charge < -0.3 is 10.1 Å². The molecule has 0 saturated heterocycles. The van der Waals surface area contributed by atoms with Crippen LogP contribution in [0.25, 0.3) is 0 Å². The zero-order chi connectivity index (χ0) is 7.40. The summed E-state index contributed by atoms with van der Waals surface area (Å²) >= 11 is 1.28. The Morgan fingerprint density at radius 1 is 1.80 bits per heavy atom. The lowest BCUT2D eigenvalue weighted by molar-refractivity contribution is -0.133. The van der Waals surface area contributed by atoms with Crippen LogP contribution in [0, 0.1) is 0 Å². The molecule has 4 heteroatoms. The molecule has 0 saturated carbocycles. The molecule has 0 radical (unpaired) electrons. The maximum Gasteiger partial charge on any atom is 0.313 e. The summed E-state index contributed by atoms with van der Waals surface area (Å²) in [5.74, 6) is -0.680. The van der Waals surface area contributed by atoms with Gasteiger partial charge in [-0.1, -0.05) is 11.8 Å². The van der Waals surface area contributed by atoms with E-state index in [1.807, 2.05) is 12.1 Å². The maximum absolute atomic E-state index is 10.1. The highest BCUT2D eigenvalue weighted by molar-refractivity contribution is 7.99. The van der Waals surface area contributed by atoms with Crippen molar-refractivity contribution in [3.05, 3.63) is 18.3 Å². The molecule has 1 heterocycles. The Morgan fingerprint density at radius 2 is 2.60 bits per heavy atom. The molecule has 0 fully saturated rings. The second-order valence-corrected chi connectivity index (χ2v) is 2.73. The summed E-state index contributed by atoms with van der Waals surface area (Å²) in [5, 5.41) is 9.17. The predicted octanol–water partition coefficient (Wildman–Crippen LogP) is 1.19. The fourth-order valence-corrected chi connectivity index (χ4v) is 1.15. The van der Waals surface area contributed by atoms with Crippen molar-refractivity contribution in [2.45, 2.75) is 5.03 Å². The van der Waals surface area contributed by atoms with Gasteiger partial charge in [-0.2, -0.15) is 0 Å². The van der Waals surface area contributed by atoms with E-state index in [0.717, 1.165) is 5.03 Å². The van der Waals surface area contributed by atoms with Crippen molar-refractivity contribution in [1.82, 2.24) is 4.98 Å². The van der Waals surface area contributed by atoms with Gasteiger partial charge in [0.2, 0.25) is 0 Å². The molecular formula is C6H7NO2S. The Hall–Kier alpha value is -0.900. The minimum atomic E-state index is -0.792. The summed E-state index contributed by atoms with van der Waals surface area (Å²) < 4.78 is 0. The number of hydrogen-bond acceptors (Lipinski definition) is 2. The van der Waals surface area contributed by atoms with Crippen molar-refractivity contribution < 1.29 is 9.90 Å². The first kappa shape index (κ1) is 7.21. The van der Waals surface area contributed by atoms with Gasteiger partial charge in [-0.05, 0) is 12.1 Å². The highest BCUT2D eigenvalue weighted by atomic mass is 32.2. The first-order valence-electron chi connectivity index (χ1n) is 2.77. The lowest BCUT2D eigenvalue weighted by Gasteiger charge is -1.90. The molecule has 54 valence electrons. The van der Waals surface area contributed by atoms with Gasteiger partial charge in [0.25, 0.3) is 0 Å². The van der Waals surface area contributed by atoms with Crippen molar-refractivity contribution in [2.24, 2.45) is 0 Å². The Morgan fingerprint density at radius 3 is 3.10 bits per heavy atom. The average Bonchev–Trinajstić information content (AvgIpc) is 2.34. The fourth-order valence-electron chi connectivity index (χ4n) is 0.543. The average molecular weight is 157 g/mol. The molecule has 0 atom stereocenters. The van der Waals surface area contributed by atoms with Crippen LogP contribution >= 0.6 is 11.8 Å². The number of carboxylic acid groups (broad SMARTS) is 1. The number of aromatic nitrogens is 1. The third-order valence-corrected chi connectivity index (χ3v) is 1.88. The molecule has 0 aromatic carbocycles. The SMILES string of the molecule is O=C(O)CSc1ccc[nH]1. The molecule has 0 aliphatic heterocycles. The van der Waals surface area contributed by atoms with Gasteiger partial charge in [-0.3, -0.25) is 4.79 Å². The van der Waals surface area contributed by atoms with E-state index in [1.54, 1.807) is 6.20 Å². The van der Waals surface area contributed by atoms with E-state index in [1.165, 1.54) is 11.8 Å². The molecule has 1 aromatic rings. The predicted molar refractivity (Wildman–Crippen MR) is 39.2 cm³/mol. The second kappa shape index (κ2) is 3.31. The number of aliphatic carboxylic acids is 1. The number of carboxylic acids is 1. The van der Waals surface area contributed by atoms with Gasteiger partial charge in [0.05, 0.1) is 10.8 Å². The summed E-state index contributed by atoms with van der Waals surface area (Å²) in [7, 11) is 0. The molecule has 1 rings (SSSR count). The van der Waals surface area contributed by atoms with E-state index in [2.05, 4.69) is 4.98 Å². The number of aromatic amines is 1. The number of carbonyl (C=O) groups is 1. The lowest BCUT2D eigenvalue weighted by atomic mass is 10.7. The Balaban J connectivity index is 2.35. The Kier molecular flexibility index (Phi) is 2.39. The Labute approximate surface area is 62.4 Å². The maximum atomic E-state index is 10.1. The zero-order valence-electron chi connectivity index (χ0n) is 5.20. The van der Waals surface area contributed by atoms with Crippen molar-refractivity contribution in [3.8, 4) is 0 Å². The van der Waals surface area contributed by atoms with E-state index in [9.17, 15) is 4.79 Å². The minimum Gasteiger partial charge on any atom is -0.481 e. The monoisotopic (exact) mass is 157 g/mol. The summed E-state index contributed by atoms with van der Waals surface area (Å²) in [4.78, 5) is 13.0. The first-order chi connectivity index (χ1) is 4.79. The molecule has 1 aromatic heterocycles. The highest BCUT2D eigenvalue weighted by Gasteiger charge is 1.97. The first-order valence-corrected chi connectivity index (χ1v) is 3.75. The molecule has 0 aliphatic carbocycles. The zero-order valence-corrected chi connectivity index (χ0v) is 6.02. The van der Waals surface area contributed by atoms with E-state index >= 15 is 0 Å². The molecule has 0 spiro atoms. The standard InChI is InChI=1S/C6H7NO2S/c8-6(9)4-10-5-2-1-3-7-5/h1-3,7H,4H2,(H,8,9). The number of hydrogen-bond donors (Lipinski definition) is 2. The van der Waals surface area contributed by atoms with E-state index in [-0.39, 0.29) is 5.75 Å². The van der Waals surface area contributed by atoms with E-state index in [4.69, 9.17) is 5.11 Å². The van der Waals surface area contributed by atoms with Crippen LogP contribution in [0.15, 0.2) is 23.4 Å². The van der Waals surface area contributed by atoms with Crippen molar-refractivity contribution >= 4 is 17.7 Å². The van der Waals surface area contributed by atoms with Gasteiger partial charge in [0.1, 0.15) is 0 Å². The van der Waals surface area contributed by atoms with E-state index < -0.39 is 5.97 Å². The van der Waals surface area contributed by atoms with Gasteiger partial charge in [-0.15, -0.1) is 0 Å². The topological polar surface area (TPSA) is 53.1 Å². The largest absolute Gasteiger partial charge is 0.481 e. The smallest absolute Gasteiger partial charge is 0.313 e. The van der Waals surface area contributed by atoms with Crippen LogP contribution in [0.5, 0.6) is 0 Å². The quantitative estimate of drug-likeness (QED) is 0.648. The third kappa shape index (κ3) is 2.14. The van der Waals surface area contributed by atoms with Crippen LogP contribution in [0.1, 0.15) is 0 Å². The normalized spacial score (nSPS) is 9.60. The summed E-state index contributed by atoms with van der Waals surface area (Å²) in [6.07, 6.45) is 1.77. The van der Waals surface area contributed by atoms with Crippen LogP contribution in [0.2, 0.25) is 0 Å². The van der Waals surface area contributed by atoms with Gasteiger partial charge in [0, 0.05) is 6.20 Å². The van der Waals surface area contributed by atoms with Crippen molar-refractivity contribution in [3.63, 3.8) is 0 Å². The fraction of sp³-hybridized carbons (Fsp3) is 0.167. The van der Waals surface area contributed by atoms with Crippen LogP contribution in [-0.4, -0.2) is 21.8 Å². The van der Waals surface area contributed by atoms with Gasteiger partial charge in [0.15, 0.2) is 0 Å². The second-order valence-electron chi connectivity index (χ2n) is 1.72. The van der Waals surface area contributed by atoms with Gasteiger partial charge >= 0.3 is 5.97 Å². The summed E-state index contributed by atoms with van der Waals surface area (Å²) in [6.45, 7) is 0. The molecular weight excluding hydrogens is 150 g/mol. The van der Waals surface area contributed by atoms with Crippen LogP contribution in [0.4, 0.5) is 0 Å². The summed E-state index contributed by atoms with van der Waals surface area (Å²) in [5.41, 5.74) is 0. The number of H-pyrrole nitrogens is 1. The molecule has 0 unspecified atom stereocenters. The number of thioether (sulfide) groups is 1. The van der Waals surface area contributed by atoms with Gasteiger partial charge in [-0.25, -0.2) is 0 Å². The number of nitrogens with one attached hydrogen (secondary N) is 1. The third-order valence-electron chi connectivity index (χ3n) is 0.921. The molecule has 10 heavy (non-hydrogen) atoms. The van der Waals surface area contributed by atoms with E-state index in [0.29, 0.717) is 0 Å². The lowest BCUT2D eigenvalue weighted by Crippen LogP contribution is -1.97. The number of rotatable bonds is 3. The van der Waals surface area contributed by atoms with Crippen molar-refractivity contribution in [2.75, 3.05) is 5.75 Å². The van der Waals surface area contributed by atoms with Crippen LogP contribution in [-0.2, 0) is 4.79 Å². The van der Waals surface area contributed by atoms with Crippen LogP contribution in [0.3, 0.4) is 0 Å². The van der Waals surface area contributed by atoms with Crippen molar-refractivity contribution in [1.29, 1.82) is 0 Å². The molecule has 3 nitrogen and oxygen atoms in total. The molecule has 0 aliphatic rings. The minimum absolute atomic E-state index is 0.112. The Bertz CT molecular complexity index is 208. The molecule has 0 bridgehead atoms. The van der Waals surface area contributed by atoms with Crippen LogP contribution < -0.4 is 0 Å². The highest BCUT2D eigenvalue weighted by Crippen LogP contribution is 2.13.